The third-order valence-corrected chi connectivity index (χ3v) is 2.10. The summed E-state index contributed by atoms with van der Waals surface area (Å²) in [7, 11) is 0. The summed E-state index contributed by atoms with van der Waals surface area (Å²) in [6, 6.07) is 5.82. The monoisotopic (exact) mass is 172 g/mol. The Morgan fingerprint density at radius 3 is 3.08 bits per heavy atom. The van der Waals surface area contributed by atoms with Crippen LogP contribution in [0.3, 0.4) is 0 Å². The molecule has 0 aliphatic heterocycles. The van der Waals surface area contributed by atoms with Crippen LogP contribution < -0.4 is 0 Å². The first kappa shape index (κ1) is 7.81. The maximum absolute atomic E-state index is 8.80. The van der Waals surface area contributed by atoms with Crippen molar-refractivity contribution in [3.05, 3.63) is 29.5 Å². The summed E-state index contributed by atoms with van der Waals surface area (Å²) in [5.74, 6) is 0. The topological polar surface area (TPSA) is 49.8 Å². The lowest BCUT2D eigenvalue weighted by molar-refractivity contribution is 0.454. The molecular weight excluding hydrogens is 164 g/mol. The Kier molecular flexibility index (Phi) is 1.75. The Labute approximate surface area is 75.6 Å². The molecule has 0 fully saturated rings. The van der Waals surface area contributed by atoms with Gasteiger partial charge in [0.15, 0.2) is 5.58 Å². The van der Waals surface area contributed by atoms with Gasteiger partial charge in [0.2, 0.25) is 0 Å². The number of nitriles is 1. The first-order chi connectivity index (χ1) is 6.36. The van der Waals surface area contributed by atoms with Gasteiger partial charge in [-0.05, 0) is 18.1 Å². The van der Waals surface area contributed by atoms with Crippen LogP contribution in [-0.2, 0) is 6.42 Å². The largest absolute Gasteiger partial charge is 0.356 e. The lowest BCUT2D eigenvalue weighted by Gasteiger charge is -1.96. The highest BCUT2D eigenvalue weighted by molar-refractivity contribution is 5.85. The van der Waals surface area contributed by atoms with Gasteiger partial charge in [-0.15, -0.1) is 0 Å². The predicted octanol–water partition coefficient (Wildman–Crippen LogP) is 2.26. The zero-order valence-corrected chi connectivity index (χ0v) is 7.24. The Hall–Kier alpha value is -1.82. The molecule has 0 spiro atoms. The molecule has 0 unspecified atom stereocenters. The summed E-state index contributed by atoms with van der Waals surface area (Å²) in [5.41, 5.74) is 2.45. The van der Waals surface area contributed by atoms with E-state index in [0.29, 0.717) is 5.56 Å². The molecule has 0 bridgehead atoms. The van der Waals surface area contributed by atoms with Crippen LogP contribution in [0.4, 0.5) is 0 Å². The maximum atomic E-state index is 8.80. The first-order valence-electron chi connectivity index (χ1n) is 4.13. The minimum absolute atomic E-state index is 0.619. The predicted molar refractivity (Wildman–Crippen MR) is 48.1 cm³/mol. The molecular formula is C10H8N2O. The van der Waals surface area contributed by atoms with Crippen LogP contribution in [0.25, 0.3) is 11.0 Å². The number of aryl methyl sites for hydroxylation is 1. The van der Waals surface area contributed by atoms with Crippen LogP contribution in [0.5, 0.6) is 0 Å². The van der Waals surface area contributed by atoms with Crippen LogP contribution in [-0.4, -0.2) is 5.16 Å². The van der Waals surface area contributed by atoms with E-state index in [0.717, 1.165) is 23.0 Å². The summed E-state index contributed by atoms with van der Waals surface area (Å²) >= 11 is 0. The van der Waals surface area contributed by atoms with Crippen molar-refractivity contribution in [2.24, 2.45) is 0 Å². The van der Waals surface area contributed by atoms with Crippen molar-refractivity contribution in [2.45, 2.75) is 13.3 Å². The molecule has 0 saturated heterocycles. The van der Waals surface area contributed by atoms with E-state index in [1.165, 1.54) is 0 Å². The molecule has 0 aliphatic carbocycles. The molecule has 1 heterocycles. The fourth-order valence-electron chi connectivity index (χ4n) is 1.39. The number of aromatic nitrogens is 1. The van der Waals surface area contributed by atoms with Gasteiger partial charge in [-0.3, -0.25) is 0 Å². The highest BCUT2D eigenvalue weighted by Crippen LogP contribution is 2.22. The summed E-state index contributed by atoms with van der Waals surface area (Å²) in [5, 5.41) is 13.3. The summed E-state index contributed by atoms with van der Waals surface area (Å²) in [6.45, 7) is 2.04. The average molecular weight is 172 g/mol. The number of nitrogens with zero attached hydrogens (tertiary/aromatic N) is 2. The van der Waals surface area contributed by atoms with Crippen LogP contribution in [0, 0.1) is 11.3 Å². The lowest BCUT2D eigenvalue weighted by atomic mass is 10.1. The standard InChI is InChI=1S/C10H8N2O/c1-2-7-3-4-8(5-11)9-6-12-13-10(7)9/h3-4,6H,2H2,1H3. The Morgan fingerprint density at radius 2 is 2.38 bits per heavy atom. The van der Waals surface area contributed by atoms with Crippen molar-refractivity contribution in [1.82, 2.24) is 5.16 Å². The molecule has 0 N–H and O–H groups in total. The number of hydrogen-bond donors (Lipinski definition) is 0. The first-order valence-corrected chi connectivity index (χ1v) is 4.13. The molecule has 13 heavy (non-hydrogen) atoms. The zero-order valence-electron chi connectivity index (χ0n) is 7.24. The van der Waals surface area contributed by atoms with Gasteiger partial charge in [0.25, 0.3) is 0 Å². The van der Waals surface area contributed by atoms with Gasteiger partial charge in [0.05, 0.1) is 23.2 Å². The van der Waals surface area contributed by atoms with E-state index in [1.807, 2.05) is 13.0 Å². The van der Waals surface area contributed by atoms with E-state index < -0.39 is 0 Å². The van der Waals surface area contributed by atoms with Gasteiger partial charge < -0.3 is 4.52 Å². The molecule has 2 rings (SSSR count). The van der Waals surface area contributed by atoms with Crippen LogP contribution in [0.1, 0.15) is 18.1 Å². The van der Waals surface area contributed by atoms with E-state index in [9.17, 15) is 0 Å². The number of benzene rings is 1. The quantitative estimate of drug-likeness (QED) is 0.662. The molecule has 2 aromatic rings. The van der Waals surface area contributed by atoms with Crippen molar-refractivity contribution >= 4 is 11.0 Å². The van der Waals surface area contributed by atoms with E-state index >= 15 is 0 Å². The van der Waals surface area contributed by atoms with Crippen LogP contribution in [0.15, 0.2) is 22.9 Å². The normalized spacial score (nSPS) is 10.2. The maximum Gasteiger partial charge on any atom is 0.171 e. The van der Waals surface area contributed by atoms with Crippen molar-refractivity contribution in [1.29, 1.82) is 5.26 Å². The van der Waals surface area contributed by atoms with Crippen LogP contribution >= 0.6 is 0 Å². The van der Waals surface area contributed by atoms with Crippen LogP contribution in [0.2, 0.25) is 0 Å². The van der Waals surface area contributed by atoms with Crippen molar-refractivity contribution in [2.75, 3.05) is 0 Å². The lowest BCUT2D eigenvalue weighted by Crippen LogP contribution is -1.83. The Balaban J connectivity index is 2.83. The molecule has 0 amide bonds. The average Bonchev–Trinajstić information content (AvgIpc) is 2.64. The fourth-order valence-corrected chi connectivity index (χ4v) is 1.39. The SMILES string of the molecule is CCc1ccc(C#N)c2cnoc12. The Bertz CT molecular complexity index is 479. The molecule has 1 aromatic heterocycles. The number of rotatable bonds is 1. The van der Waals surface area contributed by atoms with Gasteiger partial charge >= 0.3 is 0 Å². The minimum Gasteiger partial charge on any atom is -0.356 e. The van der Waals surface area contributed by atoms with Crippen molar-refractivity contribution in [3.63, 3.8) is 0 Å². The van der Waals surface area contributed by atoms with E-state index in [2.05, 4.69) is 11.2 Å². The highest BCUT2D eigenvalue weighted by Gasteiger charge is 2.07. The van der Waals surface area contributed by atoms with E-state index in [4.69, 9.17) is 9.78 Å². The van der Waals surface area contributed by atoms with E-state index in [1.54, 1.807) is 12.3 Å². The molecule has 3 heteroatoms. The zero-order chi connectivity index (χ0) is 9.26. The minimum atomic E-state index is 0.619. The molecule has 1 aromatic carbocycles. The molecule has 64 valence electrons. The third-order valence-electron chi connectivity index (χ3n) is 2.10. The van der Waals surface area contributed by atoms with Gasteiger partial charge in [-0.1, -0.05) is 18.1 Å². The summed E-state index contributed by atoms with van der Waals surface area (Å²) in [4.78, 5) is 0. The second-order valence-corrected chi connectivity index (χ2v) is 2.81. The molecule has 0 saturated carbocycles. The molecule has 0 aliphatic rings. The fraction of sp³-hybridized carbons (Fsp3) is 0.200. The summed E-state index contributed by atoms with van der Waals surface area (Å²) in [6.07, 6.45) is 2.48. The van der Waals surface area contributed by atoms with E-state index in [-0.39, 0.29) is 0 Å². The second-order valence-electron chi connectivity index (χ2n) is 2.81. The smallest absolute Gasteiger partial charge is 0.171 e. The Morgan fingerprint density at radius 1 is 1.54 bits per heavy atom. The van der Waals surface area contributed by atoms with Crippen molar-refractivity contribution in [3.8, 4) is 6.07 Å². The van der Waals surface area contributed by atoms with Gasteiger partial charge in [0.1, 0.15) is 0 Å². The van der Waals surface area contributed by atoms with Gasteiger partial charge in [-0.25, -0.2) is 0 Å². The highest BCUT2D eigenvalue weighted by atomic mass is 16.5. The summed E-state index contributed by atoms with van der Waals surface area (Å²) < 4.78 is 5.08. The van der Waals surface area contributed by atoms with Gasteiger partial charge in [0, 0.05) is 0 Å². The third kappa shape index (κ3) is 1.07. The number of fused-ring (bicyclic) bond motifs is 1. The van der Waals surface area contributed by atoms with Gasteiger partial charge in [-0.2, -0.15) is 5.26 Å². The molecule has 3 nitrogen and oxygen atoms in total. The molecule has 0 atom stereocenters. The second kappa shape index (κ2) is 2.91. The number of hydrogen-bond acceptors (Lipinski definition) is 3. The van der Waals surface area contributed by atoms with Crippen molar-refractivity contribution < 1.29 is 4.52 Å². The molecule has 0 radical (unpaired) electrons.